The second-order valence-electron chi connectivity index (χ2n) is 3.11. The van der Waals surface area contributed by atoms with Crippen molar-refractivity contribution in [2.24, 2.45) is 0 Å². The maximum atomic E-state index is 12.6. The van der Waals surface area contributed by atoms with Gasteiger partial charge in [0.25, 0.3) is 5.91 Å². The highest BCUT2D eigenvalue weighted by Crippen LogP contribution is 2.12. The van der Waals surface area contributed by atoms with E-state index in [9.17, 15) is 9.18 Å². The van der Waals surface area contributed by atoms with Crippen LogP contribution in [0.1, 0.15) is 13.8 Å². The van der Waals surface area contributed by atoms with Crippen molar-refractivity contribution in [1.29, 1.82) is 0 Å². The van der Waals surface area contributed by atoms with Crippen LogP contribution < -0.4 is 10.1 Å². The number of rotatable bonds is 4. The van der Waals surface area contributed by atoms with Crippen molar-refractivity contribution in [3.05, 3.63) is 30.1 Å². The highest BCUT2D eigenvalue weighted by Gasteiger charge is 2.12. The molecule has 0 aromatic heterocycles. The average Bonchev–Trinajstić information content (AvgIpc) is 2.22. The molecule has 82 valence electrons. The molecule has 1 rings (SSSR count). The highest BCUT2D eigenvalue weighted by molar-refractivity contribution is 5.80. The molecule has 1 aromatic carbocycles. The molecule has 0 fully saturated rings. The van der Waals surface area contributed by atoms with Gasteiger partial charge in [0, 0.05) is 6.54 Å². The zero-order valence-electron chi connectivity index (χ0n) is 8.79. The number of likely N-dealkylation sites (N-methyl/N-ethyl adjacent to an activating group) is 1. The van der Waals surface area contributed by atoms with Crippen molar-refractivity contribution in [2.75, 3.05) is 6.54 Å². The van der Waals surface area contributed by atoms with Crippen molar-refractivity contribution in [1.82, 2.24) is 5.32 Å². The van der Waals surface area contributed by atoms with Crippen molar-refractivity contribution >= 4 is 5.91 Å². The molecule has 0 spiro atoms. The number of ether oxygens (including phenoxy) is 1. The Morgan fingerprint density at radius 1 is 1.47 bits per heavy atom. The van der Waals surface area contributed by atoms with Crippen LogP contribution in [0.2, 0.25) is 0 Å². The lowest BCUT2D eigenvalue weighted by Gasteiger charge is -2.13. The summed E-state index contributed by atoms with van der Waals surface area (Å²) in [6, 6.07) is 5.57. The molecule has 0 bridgehead atoms. The molecular formula is C11H14FNO2. The molecule has 0 aliphatic rings. The van der Waals surface area contributed by atoms with Gasteiger partial charge in [-0.2, -0.15) is 0 Å². The fourth-order valence-electron chi connectivity index (χ4n) is 1.09. The van der Waals surface area contributed by atoms with Crippen LogP contribution in [0.15, 0.2) is 24.3 Å². The lowest BCUT2D eigenvalue weighted by Crippen LogP contribution is -2.36. The second-order valence-corrected chi connectivity index (χ2v) is 3.11. The molecule has 4 heteroatoms. The van der Waals surface area contributed by atoms with Crippen LogP contribution in [0.3, 0.4) is 0 Å². The fourth-order valence-corrected chi connectivity index (χ4v) is 1.09. The van der Waals surface area contributed by atoms with E-state index in [2.05, 4.69) is 5.32 Å². The summed E-state index contributed by atoms with van der Waals surface area (Å²) in [5, 5.41) is 2.64. The average molecular weight is 211 g/mol. The Balaban J connectivity index is 2.54. The van der Waals surface area contributed by atoms with Crippen LogP contribution in [-0.2, 0) is 4.79 Å². The largest absolute Gasteiger partial charge is 0.481 e. The molecule has 1 amide bonds. The van der Waals surface area contributed by atoms with Crippen LogP contribution in [-0.4, -0.2) is 18.6 Å². The summed E-state index contributed by atoms with van der Waals surface area (Å²) < 4.78 is 17.9. The minimum atomic E-state index is -0.574. The summed E-state index contributed by atoms with van der Waals surface area (Å²) >= 11 is 0. The summed E-state index contributed by atoms with van der Waals surface area (Å²) in [5.74, 6) is -0.0232. The van der Waals surface area contributed by atoms with Gasteiger partial charge < -0.3 is 10.1 Å². The summed E-state index contributed by atoms with van der Waals surface area (Å²) in [5.41, 5.74) is 0. The summed E-state index contributed by atoms with van der Waals surface area (Å²) in [6.45, 7) is 4.05. The number of hydrogen-bond acceptors (Lipinski definition) is 2. The number of nitrogens with one attached hydrogen (secondary N) is 1. The van der Waals surface area contributed by atoms with Crippen LogP contribution in [0, 0.1) is 5.82 Å². The summed E-state index contributed by atoms with van der Waals surface area (Å²) in [7, 11) is 0. The normalized spacial score (nSPS) is 11.9. The Morgan fingerprint density at radius 2 is 2.07 bits per heavy atom. The van der Waals surface area contributed by atoms with Gasteiger partial charge in [-0.3, -0.25) is 4.79 Å². The standard InChI is InChI=1S/C11H14FNO2/c1-3-13-11(14)8(2)15-10-6-4-9(12)5-7-10/h4-8H,3H2,1-2H3,(H,13,14). The van der Waals surface area contributed by atoms with E-state index in [1.165, 1.54) is 24.3 Å². The number of benzene rings is 1. The Morgan fingerprint density at radius 3 is 2.60 bits per heavy atom. The predicted octanol–water partition coefficient (Wildman–Crippen LogP) is 1.73. The lowest BCUT2D eigenvalue weighted by molar-refractivity contribution is -0.127. The van der Waals surface area contributed by atoms with Gasteiger partial charge in [-0.05, 0) is 38.1 Å². The van der Waals surface area contributed by atoms with Crippen LogP contribution in [0.25, 0.3) is 0 Å². The molecule has 0 saturated heterocycles. The van der Waals surface area contributed by atoms with E-state index in [-0.39, 0.29) is 11.7 Å². The number of hydrogen-bond donors (Lipinski definition) is 1. The molecule has 3 nitrogen and oxygen atoms in total. The van der Waals surface area contributed by atoms with Crippen molar-refractivity contribution in [2.45, 2.75) is 20.0 Å². The molecule has 15 heavy (non-hydrogen) atoms. The second kappa shape index (κ2) is 5.34. The zero-order valence-corrected chi connectivity index (χ0v) is 8.79. The minimum Gasteiger partial charge on any atom is -0.481 e. The molecule has 0 aliphatic heterocycles. The fraction of sp³-hybridized carbons (Fsp3) is 0.364. The highest BCUT2D eigenvalue weighted by atomic mass is 19.1. The summed E-state index contributed by atoms with van der Waals surface area (Å²) in [4.78, 5) is 11.3. The van der Waals surface area contributed by atoms with Crippen molar-refractivity contribution in [3.8, 4) is 5.75 Å². The van der Waals surface area contributed by atoms with E-state index in [1.54, 1.807) is 6.92 Å². The first-order valence-electron chi connectivity index (χ1n) is 4.83. The molecule has 0 saturated carbocycles. The van der Waals surface area contributed by atoms with E-state index >= 15 is 0 Å². The molecular weight excluding hydrogens is 197 g/mol. The monoisotopic (exact) mass is 211 g/mol. The van der Waals surface area contributed by atoms with E-state index in [0.717, 1.165) is 0 Å². The van der Waals surface area contributed by atoms with Crippen LogP contribution in [0.4, 0.5) is 4.39 Å². The van der Waals surface area contributed by atoms with Crippen LogP contribution >= 0.6 is 0 Å². The van der Waals surface area contributed by atoms with Crippen molar-refractivity contribution < 1.29 is 13.9 Å². The number of amides is 1. The smallest absolute Gasteiger partial charge is 0.260 e. The molecule has 0 radical (unpaired) electrons. The third kappa shape index (κ3) is 3.58. The predicted molar refractivity (Wildman–Crippen MR) is 55.2 cm³/mol. The van der Waals surface area contributed by atoms with Gasteiger partial charge in [-0.25, -0.2) is 4.39 Å². The van der Waals surface area contributed by atoms with E-state index < -0.39 is 6.10 Å². The first-order chi connectivity index (χ1) is 7.13. The minimum absolute atomic E-state index is 0.179. The molecule has 1 unspecified atom stereocenters. The Hall–Kier alpha value is -1.58. The van der Waals surface area contributed by atoms with Gasteiger partial charge in [-0.15, -0.1) is 0 Å². The van der Waals surface area contributed by atoms with E-state index in [1.807, 2.05) is 6.92 Å². The topological polar surface area (TPSA) is 38.3 Å². The first-order valence-corrected chi connectivity index (χ1v) is 4.83. The summed E-state index contributed by atoms with van der Waals surface area (Å²) in [6.07, 6.45) is -0.574. The van der Waals surface area contributed by atoms with Gasteiger partial charge >= 0.3 is 0 Å². The van der Waals surface area contributed by atoms with Gasteiger partial charge in [0.1, 0.15) is 11.6 Å². The number of halogens is 1. The first kappa shape index (κ1) is 11.5. The number of carbonyl (C=O) groups excluding carboxylic acids is 1. The maximum Gasteiger partial charge on any atom is 0.260 e. The zero-order chi connectivity index (χ0) is 11.3. The molecule has 1 aromatic rings. The van der Waals surface area contributed by atoms with Crippen molar-refractivity contribution in [3.63, 3.8) is 0 Å². The van der Waals surface area contributed by atoms with Crippen LogP contribution in [0.5, 0.6) is 5.75 Å². The van der Waals surface area contributed by atoms with Gasteiger partial charge in [0.05, 0.1) is 0 Å². The Bertz CT molecular complexity index is 324. The third-order valence-electron chi connectivity index (χ3n) is 1.85. The molecule has 0 heterocycles. The van der Waals surface area contributed by atoms with E-state index in [4.69, 9.17) is 4.74 Å². The van der Waals surface area contributed by atoms with Gasteiger partial charge in [0.15, 0.2) is 6.10 Å². The van der Waals surface area contributed by atoms with Gasteiger partial charge in [0.2, 0.25) is 0 Å². The lowest BCUT2D eigenvalue weighted by atomic mass is 10.3. The third-order valence-corrected chi connectivity index (χ3v) is 1.85. The molecule has 0 aliphatic carbocycles. The Kier molecular flexibility index (Phi) is 4.09. The number of carbonyl (C=O) groups is 1. The maximum absolute atomic E-state index is 12.6. The van der Waals surface area contributed by atoms with E-state index in [0.29, 0.717) is 12.3 Å². The molecule has 1 N–H and O–H groups in total. The SMILES string of the molecule is CCNC(=O)C(C)Oc1ccc(F)cc1. The molecule has 1 atom stereocenters. The van der Waals surface area contributed by atoms with Gasteiger partial charge in [-0.1, -0.05) is 0 Å². The quantitative estimate of drug-likeness (QED) is 0.823. The Labute approximate surface area is 88.2 Å².